The van der Waals surface area contributed by atoms with E-state index >= 15 is 0 Å². The largest absolute Gasteiger partial charge is 0.493 e. The van der Waals surface area contributed by atoms with E-state index in [0.29, 0.717) is 17.3 Å². The quantitative estimate of drug-likeness (QED) is 0.634. The Kier molecular flexibility index (Phi) is 6.63. The number of benzene rings is 2. The zero-order chi connectivity index (χ0) is 20.6. The third kappa shape index (κ3) is 5.44. The molecule has 3 rings (SSSR count). The van der Waals surface area contributed by atoms with E-state index in [2.05, 4.69) is 27.6 Å². The van der Waals surface area contributed by atoms with E-state index in [9.17, 15) is 4.79 Å². The van der Waals surface area contributed by atoms with Gasteiger partial charge in [0, 0.05) is 13.6 Å². The van der Waals surface area contributed by atoms with Crippen molar-refractivity contribution in [1.82, 2.24) is 10.2 Å². The van der Waals surface area contributed by atoms with Gasteiger partial charge in [0.15, 0.2) is 23.1 Å². The molecule has 0 aliphatic rings. The maximum Gasteiger partial charge on any atom is 0.229 e. The van der Waals surface area contributed by atoms with Crippen LogP contribution in [-0.4, -0.2) is 37.4 Å². The van der Waals surface area contributed by atoms with E-state index < -0.39 is 0 Å². The highest BCUT2D eigenvalue weighted by atomic mass is 16.5. The van der Waals surface area contributed by atoms with Gasteiger partial charge in [0.2, 0.25) is 5.91 Å². The van der Waals surface area contributed by atoms with Gasteiger partial charge >= 0.3 is 0 Å². The summed E-state index contributed by atoms with van der Waals surface area (Å²) in [6, 6.07) is 19.1. The first-order valence-corrected chi connectivity index (χ1v) is 9.18. The van der Waals surface area contributed by atoms with Gasteiger partial charge in [0.1, 0.15) is 0 Å². The van der Waals surface area contributed by atoms with Crippen LogP contribution in [-0.2, 0) is 17.8 Å². The molecule has 1 N–H and O–H groups in total. The number of nitrogens with zero attached hydrogens (tertiary/aromatic N) is 3. The third-order valence-electron chi connectivity index (χ3n) is 4.38. The van der Waals surface area contributed by atoms with Crippen molar-refractivity contribution in [3.05, 3.63) is 71.8 Å². The van der Waals surface area contributed by atoms with Crippen molar-refractivity contribution in [3.8, 4) is 11.5 Å². The number of hydrogen-bond donors (Lipinski definition) is 1. The molecule has 0 unspecified atom stereocenters. The number of anilines is 2. The normalized spacial score (nSPS) is 10.3. The van der Waals surface area contributed by atoms with Crippen LogP contribution in [0.2, 0.25) is 0 Å². The number of aromatic nitrogens is 2. The lowest BCUT2D eigenvalue weighted by Crippen LogP contribution is -2.19. The number of nitrogens with one attached hydrogen (secondary N) is 1. The molecule has 0 aliphatic heterocycles. The molecule has 1 aromatic heterocycles. The molecule has 0 saturated carbocycles. The fourth-order valence-corrected chi connectivity index (χ4v) is 2.90. The second-order valence-electron chi connectivity index (χ2n) is 6.53. The summed E-state index contributed by atoms with van der Waals surface area (Å²) >= 11 is 0. The second kappa shape index (κ2) is 9.54. The van der Waals surface area contributed by atoms with Crippen LogP contribution in [0.3, 0.4) is 0 Å². The zero-order valence-corrected chi connectivity index (χ0v) is 16.8. The van der Waals surface area contributed by atoms with Gasteiger partial charge in [-0.25, -0.2) is 0 Å². The van der Waals surface area contributed by atoms with Gasteiger partial charge in [0.05, 0.1) is 20.6 Å². The monoisotopic (exact) mass is 392 g/mol. The van der Waals surface area contributed by atoms with Gasteiger partial charge in [-0.1, -0.05) is 36.4 Å². The minimum Gasteiger partial charge on any atom is -0.493 e. The molecular weight excluding hydrogens is 368 g/mol. The van der Waals surface area contributed by atoms with Crippen molar-refractivity contribution in [1.29, 1.82) is 0 Å². The smallest absolute Gasteiger partial charge is 0.229 e. The SMILES string of the molecule is COc1ccc(CC(=O)Nc2ccc(N(C)Cc3ccccc3)nn2)cc1OC. The molecule has 7 nitrogen and oxygen atoms in total. The highest BCUT2D eigenvalue weighted by molar-refractivity contribution is 5.91. The molecule has 0 fully saturated rings. The fourth-order valence-electron chi connectivity index (χ4n) is 2.90. The maximum absolute atomic E-state index is 12.3. The summed E-state index contributed by atoms with van der Waals surface area (Å²) in [6.07, 6.45) is 0.192. The second-order valence-corrected chi connectivity index (χ2v) is 6.53. The van der Waals surface area contributed by atoms with E-state index in [-0.39, 0.29) is 12.3 Å². The highest BCUT2D eigenvalue weighted by Crippen LogP contribution is 2.27. The van der Waals surface area contributed by atoms with Gasteiger partial charge in [-0.15, -0.1) is 10.2 Å². The standard InChI is InChI=1S/C22H24N4O3/c1-26(15-16-7-5-4-6-8-16)21-12-11-20(24-25-21)23-22(27)14-17-9-10-18(28-2)19(13-17)29-3/h4-13H,14-15H2,1-3H3,(H,23,24,27). The molecule has 0 saturated heterocycles. The van der Waals surface area contributed by atoms with Gasteiger partial charge in [-0.3, -0.25) is 4.79 Å². The Morgan fingerprint density at radius 2 is 1.69 bits per heavy atom. The fraction of sp³-hybridized carbons (Fsp3) is 0.227. The maximum atomic E-state index is 12.3. The first-order chi connectivity index (χ1) is 14.1. The van der Waals surface area contributed by atoms with E-state index in [1.54, 1.807) is 32.4 Å². The Labute approximate surface area is 170 Å². The average Bonchev–Trinajstić information content (AvgIpc) is 2.74. The van der Waals surface area contributed by atoms with Crippen LogP contribution in [0.25, 0.3) is 0 Å². The number of methoxy groups -OCH3 is 2. The number of hydrogen-bond acceptors (Lipinski definition) is 6. The molecule has 0 atom stereocenters. The molecule has 1 amide bonds. The summed E-state index contributed by atoms with van der Waals surface area (Å²) in [5, 5.41) is 11.1. The van der Waals surface area contributed by atoms with Crippen LogP contribution in [0.4, 0.5) is 11.6 Å². The first kappa shape index (κ1) is 20.1. The summed E-state index contributed by atoms with van der Waals surface area (Å²) in [4.78, 5) is 14.3. The first-order valence-electron chi connectivity index (χ1n) is 9.18. The Morgan fingerprint density at radius 3 is 2.34 bits per heavy atom. The Hall–Kier alpha value is -3.61. The molecule has 7 heteroatoms. The van der Waals surface area contributed by atoms with Crippen molar-refractivity contribution in [2.24, 2.45) is 0 Å². The van der Waals surface area contributed by atoms with Crippen molar-refractivity contribution < 1.29 is 14.3 Å². The van der Waals surface area contributed by atoms with Crippen LogP contribution >= 0.6 is 0 Å². The van der Waals surface area contributed by atoms with Crippen molar-refractivity contribution in [2.45, 2.75) is 13.0 Å². The summed E-state index contributed by atoms with van der Waals surface area (Å²) in [5.41, 5.74) is 2.00. The molecule has 0 radical (unpaired) electrons. The predicted octanol–water partition coefficient (Wildman–Crippen LogP) is 3.31. The lowest BCUT2D eigenvalue weighted by molar-refractivity contribution is -0.115. The van der Waals surface area contributed by atoms with Crippen molar-refractivity contribution in [3.63, 3.8) is 0 Å². The minimum atomic E-state index is -0.183. The van der Waals surface area contributed by atoms with E-state index in [4.69, 9.17) is 9.47 Å². The third-order valence-corrected chi connectivity index (χ3v) is 4.38. The van der Waals surface area contributed by atoms with Gasteiger partial charge in [-0.2, -0.15) is 0 Å². The summed E-state index contributed by atoms with van der Waals surface area (Å²) in [5.74, 6) is 2.16. The molecule has 29 heavy (non-hydrogen) atoms. The molecule has 1 heterocycles. The van der Waals surface area contributed by atoms with Crippen LogP contribution in [0, 0.1) is 0 Å². The van der Waals surface area contributed by atoms with E-state index in [0.717, 1.165) is 17.9 Å². The molecule has 150 valence electrons. The van der Waals surface area contributed by atoms with Gasteiger partial charge in [0.25, 0.3) is 0 Å². The summed E-state index contributed by atoms with van der Waals surface area (Å²) in [6.45, 7) is 0.723. The Morgan fingerprint density at radius 1 is 0.931 bits per heavy atom. The van der Waals surface area contributed by atoms with Crippen LogP contribution < -0.4 is 19.7 Å². The predicted molar refractivity (Wildman–Crippen MR) is 112 cm³/mol. The average molecular weight is 392 g/mol. The molecule has 3 aromatic rings. The van der Waals surface area contributed by atoms with E-state index in [1.807, 2.05) is 42.3 Å². The highest BCUT2D eigenvalue weighted by Gasteiger charge is 2.10. The van der Waals surface area contributed by atoms with Gasteiger partial charge < -0.3 is 19.7 Å². The number of carbonyl (C=O) groups excluding carboxylic acids is 1. The van der Waals surface area contributed by atoms with Gasteiger partial charge in [-0.05, 0) is 35.4 Å². The van der Waals surface area contributed by atoms with Crippen molar-refractivity contribution in [2.75, 3.05) is 31.5 Å². The van der Waals surface area contributed by atoms with Crippen LogP contribution in [0.1, 0.15) is 11.1 Å². The number of carbonyl (C=O) groups is 1. The van der Waals surface area contributed by atoms with Crippen molar-refractivity contribution >= 4 is 17.5 Å². The molecule has 0 bridgehead atoms. The van der Waals surface area contributed by atoms with Crippen LogP contribution in [0.5, 0.6) is 11.5 Å². The molecule has 2 aromatic carbocycles. The number of amides is 1. The molecular formula is C22H24N4O3. The van der Waals surface area contributed by atoms with Crippen LogP contribution in [0.15, 0.2) is 60.7 Å². The zero-order valence-electron chi connectivity index (χ0n) is 16.8. The lowest BCUT2D eigenvalue weighted by atomic mass is 10.1. The summed E-state index contributed by atoms with van der Waals surface area (Å²) in [7, 11) is 5.09. The topological polar surface area (TPSA) is 76.6 Å². The minimum absolute atomic E-state index is 0.183. The van der Waals surface area contributed by atoms with E-state index in [1.165, 1.54) is 5.56 Å². The lowest BCUT2D eigenvalue weighted by Gasteiger charge is -2.17. The molecule has 0 aliphatic carbocycles. The molecule has 0 spiro atoms. The number of rotatable bonds is 8. The summed E-state index contributed by atoms with van der Waals surface area (Å²) < 4.78 is 10.5. The Bertz CT molecular complexity index is 946. The number of ether oxygens (including phenoxy) is 2. The Balaban J connectivity index is 1.58.